The Hall–Kier alpha value is -2.43. The van der Waals surface area contributed by atoms with Crippen molar-refractivity contribution in [2.75, 3.05) is 19.6 Å². The van der Waals surface area contributed by atoms with Crippen molar-refractivity contribution in [3.05, 3.63) is 77.8 Å². The van der Waals surface area contributed by atoms with Gasteiger partial charge in [0.1, 0.15) is 0 Å². The highest BCUT2D eigenvalue weighted by molar-refractivity contribution is 5.56. The molecule has 4 heteroatoms. The molecule has 0 amide bonds. The Morgan fingerprint density at radius 3 is 2.58 bits per heavy atom. The van der Waals surface area contributed by atoms with Gasteiger partial charge in [-0.2, -0.15) is 0 Å². The molecule has 2 heterocycles. The maximum absolute atomic E-state index is 6.04. The molecule has 0 radical (unpaired) electrons. The van der Waals surface area contributed by atoms with Crippen molar-refractivity contribution in [3.8, 4) is 11.3 Å². The van der Waals surface area contributed by atoms with Crippen molar-refractivity contribution in [2.45, 2.75) is 19.4 Å². The van der Waals surface area contributed by atoms with E-state index >= 15 is 0 Å². The lowest BCUT2D eigenvalue weighted by atomic mass is 9.89. The van der Waals surface area contributed by atoms with Crippen LogP contribution in [0.4, 0.5) is 0 Å². The summed E-state index contributed by atoms with van der Waals surface area (Å²) < 4.78 is 6.00. The van der Waals surface area contributed by atoms with E-state index in [1.807, 2.05) is 6.20 Å². The second kappa shape index (κ2) is 7.44. The van der Waals surface area contributed by atoms with Crippen LogP contribution < -0.4 is 5.73 Å². The quantitative estimate of drug-likeness (QED) is 0.762. The fourth-order valence-electron chi connectivity index (χ4n) is 3.83. The molecule has 0 bridgehead atoms. The molecule has 0 spiro atoms. The molecule has 0 unspecified atom stereocenters. The number of aryl methyl sites for hydroxylation is 1. The van der Waals surface area contributed by atoms with Crippen LogP contribution in [0.25, 0.3) is 11.3 Å². The molecule has 1 aliphatic rings. The van der Waals surface area contributed by atoms with Gasteiger partial charge in [-0.3, -0.25) is 4.90 Å². The van der Waals surface area contributed by atoms with Gasteiger partial charge < -0.3 is 10.2 Å². The smallest absolute Gasteiger partial charge is 0.209 e. The number of likely N-dealkylation sites (tertiary alicyclic amines) is 1. The number of oxazole rings is 1. The van der Waals surface area contributed by atoms with Gasteiger partial charge in [-0.15, -0.1) is 0 Å². The fraction of sp³-hybridized carbons (Fsp3) is 0.318. The summed E-state index contributed by atoms with van der Waals surface area (Å²) in [6.07, 6.45) is 1.82. The van der Waals surface area contributed by atoms with Gasteiger partial charge in [0.25, 0.3) is 0 Å². The molecule has 26 heavy (non-hydrogen) atoms. The van der Waals surface area contributed by atoms with Gasteiger partial charge in [-0.05, 0) is 24.9 Å². The molecular weight excluding hydrogens is 322 g/mol. The van der Waals surface area contributed by atoms with Crippen molar-refractivity contribution in [2.24, 2.45) is 11.7 Å². The van der Waals surface area contributed by atoms with Crippen LogP contribution in [0.5, 0.6) is 0 Å². The number of hydrogen-bond acceptors (Lipinski definition) is 4. The molecule has 1 saturated heterocycles. The third-order valence-electron chi connectivity index (χ3n) is 5.30. The molecule has 1 fully saturated rings. The van der Waals surface area contributed by atoms with E-state index < -0.39 is 0 Å². The van der Waals surface area contributed by atoms with Crippen LogP contribution in [-0.4, -0.2) is 29.5 Å². The molecule has 1 aromatic heterocycles. The van der Waals surface area contributed by atoms with Gasteiger partial charge in [-0.25, -0.2) is 4.98 Å². The van der Waals surface area contributed by atoms with Crippen molar-refractivity contribution >= 4 is 0 Å². The number of nitrogens with two attached hydrogens (primary N) is 1. The first-order chi connectivity index (χ1) is 12.7. The average molecular weight is 347 g/mol. The molecule has 4 rings (SSSR count). The van der Waals surface area contributed by atoms with Crippen LogP contribution >= 0.6 is 0 Å². The van der Waals surface area contributed by atoms with E-state index in [1.165, 1.54) is 11.1 Å². The predicted molar refractivity (Wildman–Crippen MR) is 104 cm³/mol. The summed E-state index contributed by atoms with van der Waals surface area (Å²) >= 11 is 0. The molecule has 3 aromatic rings. The van der Waals surface area contributed by atoms with Crippen LogP contribution in [0, 0.1) is 12.8 Å². The monoisotopic (exact) mass is 347 g/mol. The van der Waals surface area contributed by atoms with E-state index in [0.717, 1.165) is 36.8 Å². The number of nitrogens with zero attached hydrogens (tertiary/aromatic N) is 2. The minimum atomic E-state index is 0.476. The van der Waals surface area contributed by atoms with Crippen molar-refractivity contribution in [3.63, 3.8) is 0 Å². The molecule has 2 N–H and O–H groups in total. The lowest BCUT2D eigenvalue weighted by molar-refractivity contribution is 0.281. The molecule has 4 nitrogen and oxygen atoms in total. The Kier molecular flexibility index (Phi) is 4.87. The third-order valence-corrected chi connectivity index (χ3v) is 5.30. The van der Waals surface area contributed by atoms with Crippen LogP contribution in [0.2, 0.25) is 0 Å². The standard InChI is InChI=1S/C22H25N3O/c1-16-7-9-18(10-8-16)21-12-24-22(26-21)15-25-13-19(11-23)20(14-25)17-5-3-2-4-6-17/h2-10,12,19-20H,11,13-15,23H2,1H3/t19-,20+/m1/s1. The molecule has 2 aromatic carbocycles. The molecule has 1 aliphatic heterocycles. The molecule has 2 atom stereocenters. The molecular formula is C22H25N3O. The summed E-state index contributed by atoms with van der Waals surface area (Å²) in [5.41, 5.74) is 9.73. The SMILES string of the molecule is Cc1ccc(-c2cnc(CN3C[C@@H](CN)[C@H](c4ccccc4)C3)o2)cc1. The van der Waals surface area contributed by atoms with Gasteiger partial charge in [-0.1, -0.05) is 60.2 Å². The Morgan fingerprint density at radius 1 is 1.08 bits per heavy atom. The summed E-state index contributed by atoms with van der Waals surface area (Å²) in [5.74, 6) is 2.55. The van der Waals surface area contributed by atoms with Gasteiger partial charge in [0.05, 0.1) is 12.7 Å². The number of rotatable bonds is 5. The van der Waals surface area contributed by atoms with Crippen LogP contribution in [-0.2, 0) is 6.54 Å². The maximum atomic E-state index is 6.04. The van der Waals surface area contributed by atoms with E-state index in [2.05, 4.69) is 71.4 Å². The average Bonchev–Trinajstić information content (AvgIpc) is 3.30. The van der Waals surface area contributed by atoms with Gasteiger partial charge in [0.15, 0.2) is 5.76 Å². The minimum Gasteiger partial charge on any atom is -0.439 e. The highest BCUT2D eigenvalue weighted by Crippen LogP contribution is 2.33. The molecule has 0 aliphatic carbocycles. The van der Waals surface area contributed by atoms with E-state index in [9.17, 15) is 0 Å². The van der Waals surface area contributed by atoms with Crippen LogP contribution in [0.15, 0.2) is 65.2 Å². The Labute approximate surface area is 154 Å². The fourth-order valence-corrected chi connectivity index (χ4v) is 3.83. The molecule has 0 saturated carbocycles. The second-order valence-electron chi connectivity index (χ2n) is 7.19. The van der Waals surface area contributed by atoms with E-state index in [4.69, 9.17) is 10.2 Å². The topological polar surface area (TPSA) is 55.3 Å². The van der Waals surface area contributed by atoms with Crippen molar-refractivity contribution < 1.29 is 4.42 Å². The first-order valence-corrected chi connectivity index (χ1v) is 9.22. The Bertz CT molecular complexity index is 841. The summed E-state index contributed by atoms with van der Waals surface area (Å²) in [6, 6.07) is 19.0. The Morgan fingerprint density at radius 2 is 1.85 bits per heavy atom. The van der Waals surface area contributed by atoms with Crippen molar-refractivity contribution in [1.82, 2.24) is 9.88 Å². The zero-order valence-corrected chi connectivity index (χ0v) is 15.1. The van der Waals surface area contributed by atoms with Crippen LogP contribution in [0.1, 0.15) is 22.9 Å². The van der Waals surface area contributed by atoms with Gasteiger partial charge in [0.2, 0.25) is 5.89 Å². The minimum absolute atomic E-state index is 0.476. The largest absolute Gasteiger partial charge is 0.439 e. The first-order valence-electron chi connectivity index (χ1n) is 9.22. The highest BCUT2D eigenvalue weighted by Gasteiger charge is 2.33. The summed E-state index contributed by atoms with van der Waals surface area (Å²) in [5, 5.41) is 0. The summed E-state index contributed by atoms with van der Waals surface area (Å²) in [6.45, 7) is 5.49. The number of benzene rings is 2. The Balaban J connectivity index is 1.46. The van der Waals surface area contributed by atoms with Gasteiger partial charge >= 0.3 is 0 Å². The van der Waals surface area contributed by atoms with Crippen LogP contribution in [0.3, 0.4) is 0 Å². The van der Waals surface area contributed by atoms with E-state index in [1.54, 1.807) is 0 Å². The summed E-state index contributed by atoms with van der Waals surface area (Å²) in [7, 11) is 0. The lowest BCUT2D eigenvalue weighted by Gasteiger charge is -2.16. The third kappa shape index (κ3) is 3.57. The zero-order chi connectivity index (χ0) is 17.9. The van der Waals surface area contributed by atoms with E-state index in [-0.39, 0.29) is 0 Å². The predicted octanol–water partition coefficient (Wildman–Crippen LogP) is 3.82. The highest BCUT2D eigenvalue weighted by atomic mass is 16.4. The maximum Gasteiger partial charge on any atom is 0.209 e. The normalized spacial score (nSPS) is 20.5. The first kappa shape index (κ1) is 17.0. The number of aromatic nitrogens is 1. The summed E-state index contributed by atoms with van der Waals surface area (Å²) in [4.78, 5) is 6.89. The van der Waals surface area contributed by atoms with E-state index in [0.29, 0.717) is 18.4 Å². The molecule has 134 valence electrons. The second-order valence-corrected chi connectivity index (χ2v) is 7.19. The lowest BCUT2D eigenvalue weighted by Crippen LogP contribution is -2.23. The zero-order valence-electron chi connectivity index (χ0n) is 15.1. The number of hydrogen-bond donors (Lipinski definition) is 1. The van der Waals surface area contributed by atoms with Gasteiger partial charge in [0, 0.05) is 24.6 Å². The van der Waals surface area contributed by atoms with Crippen molar-refractivity contribution in [1.29, 1.82) is 0 Å².